The third-order valence-electron chi connectivity index (χ3n) is 3.65. The van der Waals surface area contributed by atoms with Gasteiger partial charge in [-0.15, -0.1) is 0 Å². The Hall–Kier alpha value is -1.39. The lowest BCUT2D eigenvalue weighted by Crippen LogP contribution is -2.36. The normalized spacial score (nSPS) is 13.6. The van der Waals surface area contributed by atoms with E-state index in [1.165, 1.54) is 16.7 Å². The fraction of sp³-hybridized carbons (Fsp3) is 0.533. The summed E-state index contributed by atoms with van der Waals surface area (Å²) in [5.41, 5.74) is 3.91. The zero-order chi connectivity index (χ0) is 13.7. The molecule has 0 saturated heterocycles. The summed E-state index contributed by atoms with van der Waals surface area (Å²) in [6, 6.07) is 6.44. The molecule has 0 atom stereocenters. The summed E-state index contributed by atoms with van der Waals surface area (Å²) in [6.45, 7) is 8.98. The van der Waals surface area contributed by atoms with E-state index >= 15 is 0 Å². The average Bonchev–Trinajstić information content (AvgIpc) is 2.89. The Morgan fingerprint density at radius 2 is 2.00 bits per heavy atom. The molecule has 1 aliphatic heterocycles. The first-order chi connectivity index (χ1) is 9.22. The van der Waals surface area contributed by atoms with Crippen LogP contribution in [0.3, 0.4) is 0 Å². The molecule has 0 saturated carbocycles. The molecule has 0 fully saturated rings. The second-order valence-corrected chi connectivity index (χ2v) is 4.94. The van der Waals surface area contributed by atoms with Crippen molar-refractivity contribution in [2.24, 2.45) is 0 Å². The average molecular weight is 261 g/mol. The lowest BCUT2D eigenvalue weighted by atomic mass is 10.1. The van der Waals surface area contributed by atoms with Gasteiger partial charge in [-0.3, -0.25) is 9.69 Å². The van der Waals surface area contributed by atoms with E-state index in [0.29, 0.717) is 13.1 Å². The molecule has 1 aliphatic rings. The second-order valence-electron chi connectivity index (χ2n) is 4.94. The summed E-state index contributed by atoms with van der Waals surface area (Å²) in [5, 5.41) is 6.32. The van der Waals surface area contributed by atoms with E-state index in [2.05, 4.69) is 47.6 Å². The number of carbonyl (C=O) groups is 1. The Labute approximate surface area is 115 Å². The van der Waals surface area contributed by atoms with Crippen LogP contribution in [-0.2, 0) is 24.4 Å². The molecule has 0 aromatic heterocycles. The van der Waals surface area contributed by atoms with Gasteiger partial charge in [0.05, 0.1) is 6.54 Å². The Morgan fingerprint density at radius 3 is 2.74 bits per heavy atom. The highest BCUT2D eigenvalue weighted by molar-refractivity contribution is 5.78. The Morgan fingerprint density at radius 1 is 1.26 bits per heavy atom. The molecule has 0 unspecified atom stereocenters. The van der Waals surface area contributed by atoms with Gasteiger partial charge in [0.1, 0.15) is 0 Å². The van der Waals surface area contributed by atoms with Crippen LogP contribution in [0.1, 0.15) is 30.5 Å². The molecule has 1 amide bonds. The molecule has 1 heterocycles. The van der Waals surface area contributed by atoms with E-state index < -0.39 is 0 Å². The van der Waals surface area contributed by atoms with E-state index in [9.17, 15) is 4.79 Å². The molecule has 104 valence electrons. The van der Waals surface area contributed by atoms with E-state index in [1.54, 1.807) is 0 Å². The molecule has 2 rings (SSSR count). The highest BCUT2D eigenvalue weighted by Gasteiger charge is 2.11. The number of hydrogen-bond acceptors (Lipinski definition) is 3. The second kappa shape index (κ2) is 6.68. The minimum atomic E-state index is 0.0994. The maximum atomic E-state index is 11.8. The summed E-state index contributed by atoms with van der Waals surface area (Å²) in [7, 11) is 0. The predicted molar refractivity (Wildman–Crippen MR) is 76.6 cm³/mol. The van der Waals surface area contributed by atoms with Crippen molar-refractivity contribution in [3.8, 4) is 0 Å². The number of amides is 1. The minimum absolute atomic E-state index is 0.0994. The van der Waals surface area contributed by atoms with Crippen LogP contribution in [0, 0.1) is 0 Å². The molecule has 19 heavy (non-hydrogen) atoms. The van der Waals surface area contributed by atoms with Gasteiger partial charge in [0.15, 0.2) is 0 Å². The molecule has 4 heteroatoms. The van der Waals surface area contributed by atoms with Crippen molar-refractivity contribution in [2.75, 3.05) is 19.6 Å². The molecule has 0 aliphatic carbocycles. The monoisotopic (exact) mass is 261 g/mol. The van der Waals surface area contributed by atoms with Crippen molar-refractivity contribution in [3.05, 3.63) is 34.9 Å². The van der Waals surface area contributed by atoms with Crippen LogP contribution < -0.4 is 10.6 Å². The van der Waals surface area contributed by atoms with Crippen LogP contribution in [0.15, 0.2) is 18.2 Å². The van der Waals surface area contributed by atoms with Crippen LogP contribution in [-0.4, -0.2) is 30.4 Å². The van der Waals surface area contributed by atoms with Crippen LogP contribution in [0.2, 0.25) is 0 Å². The van der Waals surface area contributed by atoms with Gasteiger partial charge in [-0.05, 0) is 29.8 Å². The van der Waals surface area contributed by atoms with Gasteiger partial charge in [0, 0.05) is 19.6 Å². The third-order valence-corrected chi connectivity index (χ3v) is 3.65. The number of nitrogens with zero attached hydrogens (tertiary/aromatic N) is 1. The van der Waals surface area contributed by atoms with Crippen LogP contribution in [0.25, 0.3) is 0 Å². The van der Waals surface area contributed by atoms with Crippen molar-refractivity contribution in [1.29, 1.82) is 0 Å². The number of rotatable bonds is 6. The summed E-state index contributed by atoms with van der Waals surface area (Å²) < 4.78 is 0. The van der Waals surface area contributed by atoms with E-state index in [0.717, 1.165) is 26.2 Å². The van der Waals surface area contributed by atoms with Gasteiger partial charge in [-0.1, -0.05) is 32.0 Å². The lowest BCUT2D eigenvalue weighted by Gasteiger charge is -2.17. The maximum Gasteiger partial charge on any atom is 0.234 e. The molecular formula is C15H23N3O. The predicted octanol–water partition coefficient (Wildman–Crippen LogP) is 1.25. The number of hydrogen-bond donors (Lipinski definition) is 2. The number of fused-ring (bicyclic) bond motifs is 1. The van der Waals surface area contributed by atoms with Crippen LogP contribution in [0.5, 0.6) is 0 Å². The number of benzene rings is 1. The van der Waals surface area contributed by atoms with Crippen molar-refractivity contribution >= 4 is 5.91 Å². The lowest BCUT2D eigenvalue weighted by molar-refractivity contribution is -0.122. The zero-order valence-electron chi connectivity index (χ0n) is 11.8. The smallest absolute Gasteiger partial charge is 0.234 e. The topological polar surface area (TPSA) is 44.4 Å². The van der Waals surface area contributed by atoms with Gasteiger partial charge in [0.2, 0.25) is 5.91 Å². The molecule has 0 bridgehead atoms. The largest absolute Gasteiger partial charge is 0.351 e. The summed E-state index contributed by atoms with van der Waals surface area (Å²) >= 11 is 0. The molecule has 1 aromatic carbocycles. The number of nitrogens with one attached hydrogen (secondary N) is 2. The fourth-order valence-corrected chi connectivity index (χ4v) is 2.36. The first kappa shape index (κ1) is 14.0. The quantitative estimate of drug-likeness (QED) is 0.810. The van der Waals surface area contributed by atoms with Crippen molar-refractivity contribution in [1.82, 2.24) is 15.5 Å². The van der Waals surface area contributed by atoms with Gasteiger partial charge in [0.25, 0.3) is 0 Å². The molecule has 4 nitrogen and oxygen atoms in total. The summed E-state index contributed by atoms with van der Waals surface area (Å²) in [5.74, 6) is 0.0994. The first-order valence-electron chi connectivity index (χ1n) is 7.03. The Kier molecular flexibility index (Phi) is 4.93. The van der Waals surface area contributed by atoms with Gasteiger partial charge in [-0.25, -0.2) is 0 Å². The standard InChI is InChI=1S/C15H23N3O/c1-3-18(4-2)11-15(19)17-8-12-5-6-13-9-16-10-14(13)7-12/h5-7,16H,3-4,8-11H2,1-2H3,(H,17,19). The SMILES string of the molecule is CCN(CC)CC(=O)NCc1ccc2c(c1)CNC2. The highest BCUT2D eigenvalue weighted by Crippen LogP contribution is 2.16. The maximum absolute atomic E-state index is 11.8. The minimum Gasteiger partial charge on any atom is -0.351 e. The number of carbonyl (C=O) groups excluding carboxylic acids is 1. The Bertz CT molecular complexity index is 441. The highest BCUT2D eigenvalue weighted by atomic mass is 16.2. The van der Waals surface area contributed by atoms with E-state index in [-0.39, 0.29) is 5.91 Å². The Balaban J connectivity index is 1.83. The van der Waals surface area contributed by atoms with Crippen molar-refractivity contribution in [3.63, 3.8) is 0 Å². The van der Waals surface area contributed by atoms with Crippen LogP contribution in [0.4, 0.5) is 0 Å². The van der Waals surface area contributed by atoms with Crippen LogP contribution >= 0.6 is 0 Å². The number of likely N-dealkylation sites (N-methyl/N-ethyl adjacent to an activating group) is 1. The third kappa shape index (κ3) is 3.78. The van der Waals surface area contributed by atoms with Crippen molar-refractivity contribution in [2.45, 2.75) is 33.5 Å². The summed E-state index contributed by atoms with van der Waals surface area (Å²) in [6.07, 6.45) is 0. The van der Waals surface area contributed by atoms with Gasteiger partial charge in [-0.2, -0.15) is 0 Å². The summed E-state index contributed by atoms with van der Waals surface area (Å²) in [4.78, 5) is 13.9. The van der Waals surface area contributed by atoms with Crippen molar-refractivity contribution < 1.29 is 4.79 Å². The zero-order valence-corrected chi connectivity index (χ0v) is 11.8. The molecule has 0 radical (unpaired) electrons. The first-order valence-corrected chi connectivity index (χ1v) is 7.03. The fourth-order valence-electron chi connectivity index (χ4n) is 2.36. The van der Waals surface area contributed by atoms with Gasteiger partial charge >= 0.3 is 0 Å². The van der Waals surface area contributed by atoms with E-state index in [4.69, 9.17) is 0 Å². The molecule has 1 aromatic rings. The van der Waals surface area contributed by atoms with Gasteiger partial charge < -0.3 is 10.6 Å². The molecule has 0 spiro atoms. The molecule has 2 N–H and O–H groups in total. The molecular weight excluding hydrogens is 238 g/mol. The van der Waals surface area contributed by atoms with E-state index in [1.807, 2.05) is 0 Å².